The molecule has 1 aromatic heterocycles. The smallest absolute Gasteiger partial charge is 0.267 e. The van der Waals surface area contributed by atoms with Gasteiger partial charge >= 0.3 is 0 Å². The van der Waals surface area contributed by atoms with E-state index >= 15 is 0 Å². The number of thiophene rings is 1. The van der Waals surface area contributed by atoms with Gasteiger partial charge in [-0.15, -0.1) is 11.3 Å². The van der Waals surface area contributed by atoms with E-state index in [4.69, 9.17) is 4.18 Å². The van der Waals surface area contributed by atoms with E-state index in [1.807, 2.05) is 13.0 Å². The Kier molecular flexibility index (Phi) is 5.07. The summed E-state index contributed by atoms with van der Waals surface area (Å²) in [5.41, 5.74) is 2.85. The summed E-state index contributed by atoms with van der Waals surface area (Å²) in [6.45, 7) is 3.73. The number of hydrogen-bond acceptors (Lipinski definition) is 4. The predicted molar refractivity (Wildman–Crippen MR) is 88.7 cm³/mol. The summed E-state index contributed by atoms with van der Waals surface area (Å²) < 4.78 is 30.7. The molecule has 0 saturated carbocycles. The molecule has 7 heteroatoms. The highest BCUT2D eigenvalue weighted by Crippen LogP contribution is 2.40. The zero-order valence-electron chi connectivity index (χ0n) is 10.8. The molecular formula is C13H12Br2O3S2. The van der Waals surface area contributed by atoms with Crippen LogP contribution in [-0.4, -0.2) is 15.0 Å². The van der Waals surface area contributed by atoms with Gasteiger partial charge in [0.05, 0.1) is 19.1 Å². The summed E-state index contributed by atoms with van der Waals surface area (Å²) >= 11 is 8.48. The first-order chi connectivity index (χ1) is 9.35. The molecule has 0 aliphatic carbocycles. The molecule has 0 unspecified atom stereocenters. The van der Waals surface area contributed by atoms with E-state index in [0.29, 0.717) is 0 Å². The summed E-state index contributed by atoms with van der Waals surface area (Å²) in [6.07, 6.45) is 0. The number of halogens is 2. The zero-order chi connectivity index (χ0) is 14.9. The van der Waals surface area contributed by atoms with Crippen LogP contribution < -0.4 is 0 Å². The molecule has 0 N–H and O–H groups in total. The Morgan fingerprint density at radius 2 is 1.90 bits per heavy atom. The predicted octanol–water partition coefficient (Wildman–Crippen LogP) is 4.97. The van der Waals surface area contributed by atoms with Crippen molar-refractivity contribution in [2.24, 2.45) is 0 Å². The Labute approximate surface area is 139 Å². The molecule has 0 aliphatic heterocycles. The maximum atomic E-state index is 12.0. The van der Waals surface area contributed by atoms with Crippen molar-refractivity contribution >= 4 is 53.3 Å². The molecule has 0 saturated heterocycles. The topological polar surface area (TPSA) is 43.4 Å². The van der Waals surface area contributed by atoms with Gasteiger partial charge in [0.25, 0.3) is 10.1 Å². The average molecular weight is 440 g/mol. The van der Waals surface area contributed by atoms with E-state index in [0.717, 1.165) is 24.3 Å². The van der Waals surface area contributed by atoms with Crippen LogP contribution >= 0.6 is 43.2 Å². The third-order valence-electron chi connectivity index (χ3n) is 2.72. The summed E-state index contributed by atoms with van der Waals surface area (Å²) in [7, 11) is -3.69. The fourth-order valence-electron chi connectivity index (χ4n) is 1.79. The second-order valence-electron chi connectivity index (χ2n) is 4.08. The van der Waals surface area contributed by atoms with Crippen LogP contribution in [0.2, 0.25) is 0 Å². The van der Waals surface area contributed by atoms with E-state index < -0.39 is 10.1 Å². The molecule has 2 rings (SSSR count). The minimum absolute atomic E-state index is 0.124. The molecule has 0 atom stereocenters. The van der Waals surface area contributed by atoms with E-state index in [9.17, 15) is 8.42 Å². The van der Waals surface area contributed by atoms with Gasteiger partial charge in [-0.05, 0) is 75.0 Å². The van der Waals surface area contributed by atoms with E-state index in [1.54, 1.807) is 36.5 Å². The van der Waals surface area contributed by atoms with Crippen LogP contribution in [0.5, 0.6) is 0 Å². The molecule has 3 nitrogen and oxygen atoms in total. The largest absolute Gasteiger partial charge is 0.296 e. The van der Waals surface area contributed by atoms with Crippen molar-refractivity contribution in [3.8, 4) is 11.1 Å². The highest BCUT2D eigenvalue weighted by Gasteiger charge is 2.18. The molecule has 2 aromatic rings. The highest BCUT2D eigenvalue weighted by atomic mass is 79.9. The van der Waals surface area contributed by atoms with Crippen molar-refractivity contribution in [1.82, 2.24) is 0 Å². The minimum Gasteiger partial charge on any atom is -0.267 e. The van der Waals surface area contributed by atoms with Gasteiger partial charge in [-0.1, -0.05) is 6.07 Å². The van der Waals surface area contributed by atoms with Crippen molar-refractivity contribution in [3.63, 3.8) is 0 Å². The van der Waals surface area contributed by atoms with Gasteiger partial charge in [0.15, 0.2) is 0 Å². The summed E-state index contributed by atoms with van der Waals surface area (Å²) in [5, 5.41) is 0. The first-order valence-corrected chi connectivity index (χ1v) is 9.61. The number of aryl methyl sites for hydroxylation is 1. The van der Waals surface area contributed by atoms with Gasteiger partial charge < -0.3 is 0 Å². The van der Waals surface area contributed by atoms with Gasteiger partial charge in [0.2, 0.25) is 0 Å². The standard InChI is InChI=1S/C13H12Br2O3S2/c1-3-18-20(16,17)9-5-4-8(2)10(6-9)11-7-12(14)19-13(11)15/h4-7H,3H2,1-2H3. The molecule has 0 bridgehead atoms. The van der Waals surface area contributed by atoms with Gasteiger partial charge in [-0.2, -0.15) is 8.42 Å². The number of hydrogen-bond donors (Lipinski definition) is 0. The monoisotopic (exact) mass is 438 g/mol. The fourth-order valence-corrected chi connectivity index (χ4v) is 5.58. The summed E-state index contributed by atoms with van der Waals surface area (Å²) in [6, 6.07) is 6.98. The highest BCUT2D eigenvalue weighted by molar-refractivity contribution is 9.12. The summed E-state index contributed by atoms with van der Waals surface area (Å²) in [4.78, 5) is 0.175. The SMILES string of the molecule is CCOS(=O)(=O)c1ccc(C)c(-c2cc(Br)sc2Br)c1. The van der Waals surface area contributed by atoms with Crippen molar-refractivity contribution in [1.29, 1.82) is 0 Å². The van der Waals surface area contributed by atoms with E-state index in [1.165, 1.54) is 0 Å². The van der Waals surface area contributed by atoms with Gasteiger partial charge in [-0.25, -0.2) is 0 Å². The molecular weight excluding hydrogens is 428 g/mol. The Hall–Kier alpha value is -0.210. The van der Waals surface area contributed by atoms with E-state index in [2.05, 4.69) is 31.9 Å². The number of rotatable bonds is 4. The Morgan fingerprint density at radius 1 is 1.20 bits per heavy atom. The molecule has 1 aromatic carbocycles. The summed E-state index contributed by atoms with van der Waals surface area (Å²) in [5.74, 6) is 0. The lowest BCUT2D eigenvalue weighted by Gasteiger charge is -2.09. The lowest BCUT2D eigenvalue weighted by atomic mass is 10.0. The third-order valence-corrected chi connectivity index (χ3v) is 6.43. The quantitative estimate of drug-likeness (QED) is 0.631. The Balaban J connectivity index is 2.58. The lowest BCUT2D eigenvalue weighted by Crippen LogP contribution is -2.06. The Bertz CT molecular complexity index is 736. The molecule has 0 spiro atoms. The van der Waals surface area contributed by atoms with E-state index in [-0.39, 0.29) is 11.5 Å². The average Bonchev–Trinajstić information content (AvgIpc) is 2.68. The molecule has 0 aliphatic rings. The van der Waals surface area contributed by atoms with Crippen LogP contribution in [0.3, 0.4) is 0 Å². The van der Waals surface area contributed by atoms with Gasteiger partial charge in [0.1, 0.15) is 0 Å². The third kappa shape index (κ3) is 3.33. The van der Waals surface area contributed by atoms with Crippen molar-refractivity contribution in [2.45, 2.75) is 18.7 Å². The van der Waals surface area contributed by atoms with Crippen molar-refractivity contribution in [3.05, 3.63) is 37.4 Å². The first-order valence-electron chi connectivity index (χ1n) is 5.80. The molecule has 108 valence electrons. The molecule has 20 heavy (non-hydrogen) atoms. The minimum atomic E-state index is -3.69. The van der Waals surface area contributed by atoms with Crippen LogP contribution in [0.4, 0.5) is 0 Å². The van der Waals surface area contributed by atoms with Crippen LogP contribution in [0.1, 0.15) is 12.5 Å². The van der Waals surface area contributed by atoms with Crippen LogP contribution in [-0.2, 0) is 14.3 Å². The maximum Gasteiger partial charge on any atom is 0.296 e. The molecule has 0 fully saturated rings. The van der Waals surface area contributed by atoms with Crippen LogP contribution in [0.15, 0.2) is 36.7 Å². The maximum absolute atomic E-state index is 12.0. The Morgan fingerprint density at radius 3 is 2.45 bits per heavy atom. The second kappa shape index (κ2) is 6.27. The molecule has 1 heterocycles. The fraction of sp³-hybridized carbons (Fsp3) is 0.231. The normalized spacial score (nSPS) is 11.8. The molecule has 0 radical (unpaired) electrons. The lowest BCUT2D eigenvalue weighted by molar-refractivity contribution is 0.338. The molecule has 0 amide bonds. The van der Waals surface area contributed by atoms with Crippen LogP contribution in [0, 0.1) is 6.92 Å². The number of benzene rings is 1. The van der Waals surface area contributed by atoms with Gasteiger partial charge in [-0.3, -0.25) is 4.18 Å². The van der Waals surface area contributed by atoms with Crippen molar-refractivity contribution < 1.29 is 12.6 Å². The zero-order valence-corrected chi connectivity index (χ0v) is 15.6. The first kappa shape index (κ1) is 16.2. The van der Waals surface area contributed by atoms with Gasteiger partial charge in [0, 0.05) is 5.56 Å². The van der Waals surface area contributed by atoms with Crippen molar-refractivity contribution in [2.75, 3.05) is 6.61 Å². The second-order valence-corrected chi connectivity index (χ2v) is 9.44. The van der Waals surface area contributed by atoms with Crippen LogP contribution in [0.25, 0.3) is 11.1 Å².